The molecule has 1 saturated carbocycles. The van der Waals surface area contributed by atoms with Crippen LogP contribution in [0.25, 0.3) is 0 Å². The van der Waals surface area contributed by atoms with E-state index in [1.165, 1.54) is 25.7 Å². The summed E-state index contributed by atoms with van der Waals surface area (Å²) in [5.41, 5.74) is 2.01. The van der Waals surface area contributed by atoms with Gasteiger partial charge in [0.05, 0.1) is 12.1 Å². The average Bonchev–Trinajstić information content (AvgIpc) is 3.13. The van der Waals surface area contributed by atoms with Crippen LogP contribution in [0, 0.1) is 0 Å². The van der Waals surface area contributed by atoms with E-state index in [-0.39, 0.29) is 12.4 Å². The molecule has 1 aliphatic rings. The highest BCUT2D eigenvalue weighted by molar-refractivity contribution is 6.32. The first-order valence-electron chi connectivity index (χ1n) is 8.63. The molecule has 142 valence electrons. The summed E-state index contributed by atoms with van der Waals surface area (Å²) >= 11 is 12.6. The molecule has 3 rings (SSSR count). The first-order chi connectivity index (χ1) is 12.2. The summed E-state index contributed by atoms with van der Waals surface area (Å²) in [5, 5.41) is 4.82. The number of ether oxygens (including phenoxy) is 2. The summed E-state index contributed by atoms with van der Waals surface area (Å²) in [5.74, 6) is 1.19. The topological polar surface area (TPSA) is 30.5 Å². The van der Waals surface area contributed by atoms with E-state index in [4.69, 9.17) is 32.7 Å². The van der Waals surface area contributed by atoms with Crippen LogP contribution >= 0.6 is 35.6 Å². The highest BCUT2D eigenvalue weighted by Crippen LogP contribution is 2.37. The molecule has 26 heavy (non-hydrogen) atoms. The van der Waals surface area contributed by atoms with Crippen LogP contribution in [0.1, 0.15) is 36.8 Å². The van der Waals surface area contributed by atoms with Crippen LogP contribution in [-0.4, -0.2) is 13.2 Å². The third kappa shape index (κ3) is 5.43. The Morgan fingerprint density at radius 3 is 2.50 bits per heavy atom. The van der Waals surface area contributed by atoms with Gasteiger partial charge >= 0.3 is 0 Å². The predicted molar refractivity (Wildman–Crippen MR) is 110 cm³/mol. The second kappa shape index (κ2) is 10.3. The van der Waals surface area contributed by atoms with Crippen LogP contribution in [0.3, 0.4) is 0 Å². The molecule has 0 spiro atoms. The first-order valence-corrected chi connectivity index (χ1v) is 9.39. The van der Waals surface area contributed by atoms with Crippen molar-refractivity contribution in [2.45, 2.75) is 44.9 Å². The predicted octanol–water partition coefficient (Wildman–Crippen LogP) is 6.04. The summed E-state index contributed by atoms with van der Waals surface area (Å²) < 4.78 is 11.4. The minimum atomic E-state index is 0. The molecule has 3 nitrogen and oxygen atoms in total. The minimum absolute atomic E-state index is 0. The molecule has 0 atom stereocenters. The van der Waals surface area contributed by atoms with Gasteiger partial charge in [0.15, 0.2) is 11.5 Å². The number of nitrogens with one attached hydrogen (secondary N) is 1. The molecular weight excluding hydrogens is 393 g/mol. The third-order valence-electron chi connectivity index (χ3n) is 4.57. The van der Waals surface area contributed by atoms with Gasteiger partial charge in [-0.05, 0) is 36.6 Å². The monoisotopic (exact) mass is 415 g/mol. The molecule has 1 aliphatic carbocycles. The quantitative estimate of drug-likeness (QED) is 0.597. The fourth-order valence-corrected chi connectivity index (χ4v) is 3.65. The Balaban J connectivity index is 0.00000243. The smallest absolute Gasteiger partial charge is 0.180 e. The molecule has 0 unspecified atom stereocenters. The van der Waals surface area contributed by atoms with Gasteiger partial charge in [-0.15, -0.1) is 12.4 Å². The van der Waals surface area contributed by atoms with E-state index in [1.54, 1.807) is 7.11 Å². The van der Waals surface area contributed by atoms with E-state index in [9.17, 15) is 0 Å². The number of halogens is 3. The fraction of sp³-hybridized carbons (Fsp3) is 0.400. The van der Waals surface area contributed by atoms with Crippen molar-refractivity contribution in [2.24, 2.45) is 0 Å². The van der Waals surface area contributed by atoms with Gasteiger partial charge in [-0.1, -0.05) is 54.2 Å². The molecule has 2 aromatic carbocycles. The van der Waals surface area contributed by atoms with Crippen molar-refractivity contribution in [1.82, 2.24) is 5.32 Å². The Morgan fingerprint density at radius 1 is 1.08 bits per heavy atom. The number of hydrogen-bond acceptors (Lipinski definition) is 3. The number of rotatable bonds is 7. The van der Waals surface area contributed by atoms with Gasteiger partial charge in [-0.2, -0.15) is 0 Å². The highest BCUT2D eigenvalue weighted by Gasteiger charge is 2.16. The van der Waals surface area contributed by atoms with Gasteiger partial charge in [0.2, 0.25) is 0 Å². The van der Waals surface area contributed by atoms with Crippen LogP contribution < -0.4 is 14.8 Å². The zero-order valence-corrected chi connectivity index (χ0v) is 17.1. The van der Waals surface area contributed by atoms with Crippen LogP contribution in [0.2, 0.25) is 10.0 Å². The van der Waals surface area contributed by atoms with E-state index in [0.29, 0.717) is 34.2 Å². The molecule has 1 N–H and O–H groups in total. The lowest BCUT2D eigenvalue weighted by Crippen LogP contribution is -2.25. The number of benzene rings is 2. The van der Waals surface area contributed by atoms with Crippen LogP contribution in [0.4, 0.5) is 0 Å². The zero-order valence-electron chi connectivity index (χ0n) is 14.8. The van der Waals surface area contributed by atoms with Gasteiger partial charge in [0.25, 0.3) is 0 Å². The fourth-order valence-electron chi connectivity index (χ4n) is 3.17. The Kier molecular flexibility index (Phi) is 8.36. The molecule has 0 amide bonds. The van der Waals surface area contributed by atoms with Gasteiger partial charge in [0.1, 0.15) is 6.61 Å². The van der Waals surface area contributed by atoms with Crippen molar-refractivity contribution in [3.63, 3.8) is 0 Å². The number of methoxy groups -OCH3 is 1. The molecular formula is C20H24Cl3NO2. The van der Waals surface area contributed by atoms with Crippen molar-refractivity contribution >= 4 is 35.6 Å². The normalized spacial score (nSPS) is 14.1. The molecule has 2 aromatic rings. The average molecular weight is 417 g/mol. The summed E-state index contributed by atoms with van der Waals surface area (Å²) in [6.45, 7) is 1.13. The maximum Gasteiger partial charge on any atom is 0.180 e. The molecule has 0 heterocycles. The summed E-state index contributed by atoms with van der Waals surface area (Å²) in [6, 6.07) is 12.1. The van der Waals surface area contributed by atoms with Crippen LogP contribution in [-0.2, 0) is 13.2 Å². The summed E-state index contributed by atoms with van der Waals surface area (Å²) in [7, 11) is 1.63. The SMILES string of the molecule is COc1cc(CNC2CCCC2)cc(Cl)c1OCc1ccccc1Cl.Cl. The molecule has 6 heteroatoms. The Morgan fingerprint density at radius 2 is 1.81 bits per heavy atom. The lowest BCUT2D eigenvalue weighted by atomic mass is 10.1. The van der Waals surface area contributed by atoms with E-state index in [2.05, 4.69) is 5.32 Å². The summed E-state index contributed by atoms with van der Waals surface area (Å²) in [6.07, 6.45) is 5.14. The van der Waals surface area contributed by atoms with Gasteiger partial charge < -0.3 is 14.8 Å². The zero-order chi connectivity index (χ0) is 17.6. The minimum Gasteiger partial charge on any atom is -0.493 e. The highest BCUT2D eigenvalue weighted by atomic mass is 35.5. The van der Waals surface area contributed by atoms with Crippen molar-refractivity contribution in [3.8, 4) is 11.5 Å². The van der Waals surface area contributed by atoms with Crippen LogP contribution in [0.5, 0.6) is 11.5 Å². The summed E-state index contributed by atoms with van der Waals surface area (Å²) in [4.78, 5) is 0. The van der Waals surface area contributed by atoms with Gasteiger partial charge in [-0.25, -0.2) is 0 Å². The van der Waals surface area contributed by atoms with E-state index < -0.39 is 0 Å². The maximum absolute atomic E-state index is 6.45. The second-order valence-electron chi connectivity index (χ2n) is 6.35. The van der Waals surface area contributed by atoms with Crippen molar-refractivity contribution in [1.29, 1.82) is 0 Å². The second-order valence-corrected chi connectivity index (χ2v) is 7.17. The largest absolute Gasteiger partial charge is 0.493 e. The Hall–Kier alpha value is -1.13. The van der Waals surface area contributed by atoms with Crippen LogP contribution in [0.15, 0.2) is 36.4 Å². The first kappa shape index (κ1) is 21.2. The third-order valence-corrected chi connectivity index (χ3v) is 5.22. The molecule has 0 bridgehead atoms. The van der Waals surface area contributed by atoms with Gasteiger partial charge in [0, 0.05) is 23.2 Å². The van der Waals surface area contributed by atoms with E-state index in [1.807, 2.05) is 36.4 Å². The lowest BCUT2D eigenvalue weighted by molar-refractivity contribution is 0.284. The number of hydrogen-bond donors (Lipinski definition) is 1. The Bertz CT molecular complexity index is 718. The molecule has 0 saturated heterocycles. The maximum atomic E-state index is 6.45. The lowest BCUT2D eigenvalue weighted by Gasteiger charge is -2.16. The molecule has 0 radical (unpaired) electrons. The van der Waals surface area contributed by atoms with Crippen molar-refractivity contribution in [2.75, 3.05) is 7.11 Å². The standard InChI is InChI=1S/C20H23Cl2NO2.ClH/c1-24-19-11-14(12-23-16-7-3-4-8-16)10-18(22)20(19)25-13-15-6-2-5-9-17(15)21;/h2,5-6,9-11,16,23H,3-4,7-8,12-13H2,1H3;1H. The molecule has 0 aromatic heterocycles. The molecule has 0 aliphatic heterocycles. The van der Waals surface area contributed by atoms with E-state index in [0.717, 1.165) is 17.7 Å². The Labute approximate surface area is 171 Å². The van der Waals surface area contributed by atoms with Gasteiger partial charge in [-0.3, -0.25) is 0 Å². The molecule has 1 fully saturated rings. The van der Waals surface area contributed by atoms with E-state index >= 15 is 0 Å². The van der Waals surface area contributed by atoms with Crippen molar-refractivity contribution < 1.29 is 9.47 Å². The van der Waals surface area contributed by atoms with Crippen molar-refractivity contribution in [3.05, 3.63) is 57.6 Å².